The fourth-order valence-electron chi connectivity index (χ4n) is 4.48. The Kier molecular flexibility index (Phi) is 4.86. The highest BCUT2D eigenvalue weighted by molar-refractivity contribution is 5.77. The van der Waals surface area contributed by atoms with Crippen LogP contribution in [-0.2, 0) is 16.0 Å². The van der Waals surface area contributed by atoms with Gasteiger partial charge in [-0.05, 0) is 31.2 Å². The van der Waals surface area contributed by atoms with Crippen molar-refractivity contribution in [2.45, 2.75) is 44.3 Å². The Hall–Kier alpha value is -1.39. The van der Waals surface area contributed by atoms with Crippen molar-refractivity contribution in [2.24, 2.45) is 5.92 Å². The number of rotatable bonds is 5. The van der Waals surface area contributed by atoms with Crippen LogP contribution in [0.15, 0.2) is 30.3 Å². The van der Waals surface area contributed by atoms with Crippen LogP contribution in [0, 0.1) is 5.92 Å². The summed E-state index contributed by atoms with van der Waals surface area (Å²) in [6, 6.07) is 10.7. The van der Waals surface area contributed by atoms with E-state index in [2.05, 4.69) is 35.2 Å². The smallest absolute Gasteiger partial charge is 0.225 e. The number of nitrogens with zero attached hydrogens (tertiary/aromatic N) is 2. The highest BCUT2D eigenvalue weighted by atomic mass is 16.5. The lowest BCUT2D eigenvalue weighted by Gasteiger charge is -2.21. The summed E-state index contributed by atoms with van der Waals surface area (Å²) in [6.07, 6.45) is 5.60. The molecule has 3 heterocycles. The van der Waals surface area contributed by atoms with Crippen LogP contribution in [0.4, 0.5) is 0 Å². The molecule has 0 saturated carbocycles. The molecule has 1 amide bonds. The third kappa shape index (κ3) is 3.65. The lowest BCUT2D eigenvalue weighted by molar-refractivity contribution is -0.132. The van der Waals surface area contributed by atoms with Crippen molar-refractivity contribution in [3.8, 4) is 0 Å². The molecule has 4 nitrogen and oxygen atoms in total. The topological polar surface area (TPSA) is 32.8 Å². The van der Waals surface area contributed by atoms with Gasteiger partial charge in [0, 0.05) is 38.6 Å². The van der Waals surface area contributed by atoms with Gasteiger partial charge >= 0.3 is 0 Å². The second-order valence-corrected chi connectivity index (χ2v) is 7.58. The van der Waals surface area contributed by atoms with Crippen molar-refractivity contribution in [2.75, 3.05) is 32.7 Å². The third-order valence-corrected chi connectivity index (χ3v) is 5.81. The molecule has 3 aliphatic rings. The quantitative estimate of drug-likeness (QED) is 0.832. The molecule has 0 aliphatic carbocycles. The number of likely N-dealkylation sites (tertiary alicyclic amines) is 2. The van der Waals surface area contributed by atoms with Gasteiger partial charge in [-0.2, -0.15) is 0 Å². The summed E-state index contributed by atoms with van der Waals surface area (Å²) in [5, 5.41) is 0. The van der Waals surface area contributed by atoms with Crippen LogP contribution in [0.5, 0.6) is 0 Å². The van der Waals surface area contributed by atoms with Crippen molar-refractivity contribution >= 4 is 5.91 Å². The highest BCUT2D eigenvalue weighted by Gasteiger charge is 2.42. The minimum atomic E-state index is 0.157. The fraction of sp³-hybridized carbons (Fsp3) is 0.650. The summed E-state index contributed by atoms with van der Waals surface area (Å²) in [5.41, 5.74) is 1.41. The summed E-state index contributed by atoms with van der Waals surface area (Å²) < 4.78 is 6.21. The average Bonchev–Trinajstić information content (AvgIpc) is 3.30. The Morgan fingerprint density at radius 3 is 2.67 bits per heavy atom. The first-order valence-electron chi connectivity index (χ1n) is 9.47. The maximum atomic E-state index is 12.3. The minimum Gasteiger partial charge on any atom is -0.373 e. The standard InChI is InChI=1S/C20H28N2O2/c23-20(22-9-4-5-10-22)13-18-12-17-14-21(15-19(17)24-18)11-8-16-6-2-1-3-7-16/h1-3,6-7,17-19H,4-5,8-15H2/t17-,18+,19+/m0/s1. The molecule has 4 heteroatoms. The maximum Gasteiger partial charge on any atom is 0.225 e. The van der Waals surface area contributed by atoms with E-state index in [-0.39, 0.29) is 6.10 Å². The van der Waals surface area contributed by atoms with Crippen molar-refractivity contribution in [1.82, 2.24) is 9.80 Å². The van der Waals surface area contributed by atoms with Gasteiger partial charge in [-0.25, -0.2) is 0 Å². The summed E-state index contributed by atoms with van der Waals surface area (Å²) in [7, 11) is 0. The molecular weight excluding hydrogens is 300 g/mol. The van der Waals surface area contributed by atoms with E-state index in [9.17, 15) is 4.79 Å². The number of ether oxygens (including phenoxy) is 1. The number of benzene rings is 1. The second-order valence-electron chi connectivity index (χ2n) is 7.58. The molecule has 3 saturated heterocycles. The summed E-state index contributed by atoms with van der Waals surface area (Å²) in [4.78, 5) is 16.8. The van der Waals surface area contributed by atoms with Gasteiger partial charge < -0.3 is 14.5 Å². The minimum absolute atomic E-state index is 0.157. The first-order chi connectivity index (χ1) is 11.8. The second kappa shape index (κ2) is 7.24. The summed E-state index contributed by atoms with van der Waals surface area (Å²) >= 11 is 0. The molecule has 3 aliphatic heterocycles. The Morgan fingerprint density at radius 2 is 1.92 bits per heavy atom. The normalized spacial score (nSPS) is 30.0. The number of hydrogen-bond donors (Lipinski definition) is 0. The van der Waals surface area contributed by atoms with E-state index in [0.717, 1.165) is 45.6 Å². The first-order valence-corrected chi connectivity index (χ1v) is 9.47. The predicted octanol–water partition coefficient (Wildman–Crippen LogP) is 2.33. The van der Waals surface area contributed by atoms with Gasteiger partial charge in [0.25, 0.3) is 0 Å². The van der Waals surface area contributed by atoms with Crippen LogP contribution in [0.3, 0.4) is 0 Å². The summed E-state index contributed by atoms with van der Waals surface area (Å²) in [6.45, 7) is 5.17. The molecule has 0 N–H and O–H groups in total. The van der Waals surface area contributed by atoms with Crippen molar-refractivity contribution in [3.05, 3.63) is 35.9 Å². The lowest BCUT2D eigenvalue weighted by Crippen LogP contribution is -2.32. The number of carbonyl (C=O) groups excluding carboxylic acids is 1. The molecule has 0 aromatic heterocycles. The molecule has 0 spiro atoms. The van der Waals surface area contributed by atoms with Crippen LogP contribution in [0.2, 0.25) is 0 Å². The molecule has 0 unspecified atom stereocenters. The molecule has 24 heavy (non-hydrogen) atoms. The number of fused-ring (bicyclic) bond motifs is 1. The van der Waals surface area contributed by atoms with E-state index < -0.39 is 0 Å². The Bertz CT molecular complexity index is 542. The van der Waals surface area contributed by atoms with E-state index in [1.54, 1.807) is 0 Å². The molecular formula is C20H28N2O2. The monoisotopic (exact) mass is 328 g/mol. The van der Waals surface area contributed by atoms with Crippen LogP contribution < -0.4 is 0 Å². The van der Waals surface area contributed by atoms with Crippen LogP contribution in [0.25, 0.3) is 0 Å². The van der Waals surface area contributed by atoms with E-state index in [4.69, 9.17) is 4.74 Å². The van der Waals surface area contributed by atoms with E-state index in [0.29, 0.717) is 24.3 Å². The number of amides is 1. The van der Waals surface area contributed by atoms with Crippen LogP contribution >= 0.6 is 0 Å². The zero-order valence-corrected chi connectivity index (χ0v) is 14.4. The Labute approximate surface area is 144 Å². The van der Waals surface area contributed by atoms with Gasteiger partial charge in [0.2, 0.25) is 5.91 Å². The third-order valence-electron chi connectivity index (χ3n) is 5.81. The average molecular weight is 328 g/mol. The number of carbonyl (C=O) groups is 1. The van der Waals surface area contributed by atoms with Crippen LogP contribution in [-0.4, -0.2) is 60.6 Å². The Morgan fingerprint density at radius 1 is 1.12 bits per heavy atom. The molecule has 4 rings (SSSR count). The van der Waals surface area contributed by atoms with Gasteiger partial charge in [-0.15, -0.1) is 0 Å². The van der Waals surface area contributed by atoms with E-state index in [1.165, 1.54) is 18.4 Å². The Balaban J connectivity index is 1.21. The van der Waals surface area contributed by atoms with Crippen molar-refractivity contribution < 1.29 is 9.53 Å². The number of hydrogen-bond acceptors (Lipinski definition) is 3. The van der Waals surface area contributed by atoms with Gasteiger partial charge in [0.1, 0.15) is 0 Å². The zero-order valence-electron chi connectivity index (χ0n) is 14.4. The molecule has 3 atom stereocenters. The van der Waals surface area contributed by atoms with Crippen LogP contribution in [0.1, 0.15) is 31.2 Å². The predicted molar refractivity (Wildman–Crippen MR) is 93.8 cm³/mol. The molecule has 3 fully saturated rings. The van der Waals surface area contributed by atoms with Gasteiger partial charge in [-0.3, -0.25) is 4.79 Å². The largest absolute Gasteiger partial charge is 0.373 e. The van der Waals surface area contributed by atoms with E-state index >= 15 is 0 Å². The molecule has 0 radical (unpaired) electrons. The van der Waals surface area contributed by atoms with E-state index in [1.807, 2.05) is 4.90 Å². The first kappa shape index (κ1) is 16.1. The van der Waals surface area contributed by atoms with Crippen molar-refractivity contribution in [1.29, 1.82) is 0 Å². The zero-order chi connectivity index (χ0) is 16.4. The SMILES string of the molecule is O=C(C[C@H]1C[C@H]2CN(CCc3ccccc3)C[C@H]2O1)N1CCCC1. The maximum absolute atomic E-state index is 12.3. The van der Waals surface area contributed by atoms with Crippen molar-refractivity contribution in [3.63, 3.8) is 0 Å². The molecule has 0 bridgehead atoms. The molecule has 1 aromatic carbocycles. The van der Waals surface area contributed by atoms with Gasteiger partial charge in [-0.1, -0.05) is 30.3 Å². The van der Waals surface area contributed by atoms with Gasteiger partial charge in [0.05, 0.1) is 18.6 Å². The fourth-order valence-corrected chi connectivity index (χ4v) is 4.48. The van der Waals surface area contributed by atoms with Gasteiger partial charge in [0.15, 0.2) is 0 Å². The highest BCUT2D eigenvalue weighted by Crippen LogP contribution is 2.34. The molecule has 1 aromatic rings. The lowest BCUT2D eigenvalue weighted by atomic mass is 10.0. The molecule has 130 valence electrons. The summed E-state index contributed by atoms with van der Waals surface area (Å²) in [5.74, 6) is 0.926.